The molecule has 0 saturated carbocycles. The van der Waals surface area contributed by atoms with Crippen molar-refractivity contribution < 1.29 is 28.9 Å². The molecule has 10 heteroatoms. The third kappa shape index (κ3) is 10.4. The first-order valence-corrected chi connectivity index (χ1v) is 11.5. The number of hydrogen-bond donors (Lipinski definition) is 4. The predicted molar refractivity (Wildman–Crippen MR) is 128 cm³/mol. The number of hydroxylamine groups is 2. The van der Waals surface area contributed by atoms with E-state index in [0.29, 0.717) is 25.9 Å². The van der Waals surface area contributed by atoms with E-state index in [4.69, 9.17) is 9.68 Å². The van der Waals surface area contributed by atoms with E-state index in [0.717, 1.165) is 11.1 Å². The average molecular weight is 485 g/mol. The molecule has 35 heavy (non-hydrogen) atoms. The third-order valence-corrected chi connectivity index (χ3v) is 4.92. The maximum atomic E-state index is 12.4. The fraction of sp³-hybridized carbons (Fsp3) is 0.360. The Labute approximate surface area is 204 Å². The molecule has 0 spiro atoms. The summed E-state index contributed by atoms with van der Waals surface area (Å²) in [6, 6.07) is 17.5. The minimum absolute atomic E-state index is 0.391. The van der Waals surface area contributed by atoms with Crippen molar-refractivity contribution in [1.29, 1.82) is 0 Å². The van der Waals surface area contributed by atoms with E-state index in [1.807, 2.05) is 74.5 Å². The Hall–Kier alpha value is -3.76. The molecule has 0 aromatic heterocycles. The summed E-state index contributed by atoms with van der Waals surface area (Å²) in [6.45, 7) is 4.76. The molecular weight excluding hydrogens is 452 g/mol. The summed E-state index contributed by atoms with van der Waals surface area (Å²) in [5, 5.41) is 6.04. The van der Waals surface area contributed by atoms with Gasteiger partial charge in [0, 0.05) is 0 Å². The molecule has 0 aliphatic carbocycles. The fourth-order valence-corrected chi connectivity index (χ4v) is 3.25. The molecule has 4 N–H and O–H groups in total. The second kappa shape index (κ2) is 15.2. The van der Waals surface area contributed by atoms with Gasteiger partial charge in [-0.1, -0.05) is 74.5 Å². The van der Waals surface area contributed by atoms with Crippen molar-refractivity contribution >= 4 is 23.8 Å². The van der Waals surface area contributed by atoms with Crippen LogP contribution in [0.5, 0.6) is 0 Å². The molecule has 0 fully saturated rings. The number of carbonyl (C=O) groups is 4. The summed E-state index contributed by atoms with van der Waals surface area (Å²) in [4.78, 5) is 58.1. The predicted octanol–water partition coefficient (Wildman–Crippen LogP) is 0.967. The van der Waals surface area contributed by atoms with Crippen molar-refractivity contribution in [1.82, 2.24) is 21.6 Å². The second-order valence-electron chi connectivity index (χ2n) is 7.66. The summed E-state index contributed by atoms with van der Waals surface area (Å²) in [5.74, 6) is -3.17. The van der Waals surface area contributed by atoms with Crippen molar-refractivity contribution in [3.63, 3.8) is 0 Å². The highest BCUT2D eigenvalue weighted by atomic mass is 16.7. The summed E-state index contributed by atoms with van der Waals surface area (Å²) >= 11 is 0. The van der Waals surface area contributed by atoms with Gasteiger partial charge in [-0.15, -0.1) is 0 Å². The highest BCUT2D eigenvalue weighted by molar-refractivity contribution is 5.93. The average Bonchev–Trinajstić information content (AvgIpc) is 2.86. The Balaban J connectivity index is 1.76. The van der Waals surface area contributed by atoms with Gasteiger partial charge in [0.1, 0.15) is 6.42 Å². The maximum absolute atomic E-state index is 12.4. The second-order valence-corrected chi connectivity index (χ2v) is 7.66. The van der Waals surface area contributed by atoms with Gasteiger partial charge in [-0.3, -0.25) is 9.59 Å². The largest absolute Gasteiger partial charge is 0.343 e. The Bertz CT molecular complexity index is 877. The summed E-state index contributed by atoms with van der Waals surface area (Å²) < 4.78 is 0. The molecule has 0 aliphatic heterocycles. The molecule has 2 unspecified atom stereocenters. The monoisotopic (exact) mass is 484 g/mol. The quantitative estimate of drug-likeness (QED) is 0.259. The molecule has 2 atom stereocenters. The van der Waals surface area contributed by atoms with Crippen LogP contribution >= 0.6 is 0 Å². The van der Waals surface area contributed by atoms with Gasteiger partial charge in [0.05, 0.1) is 12.1 Å². The van der Waals surface area contributed by atoms with Gasteiger partial charge in [0.25, 0.3) is 11.8 Å². The van der Waals surface area contributed by atoms with E-state index < -0.39 is 42.3 Å². The topological polar surface area (TPSA) is 135 Å². The molecule has 2 amide bonds. The number of amides is 2. The van der Waals surface area contributed by atoms with Gasteiger partial charge in [-0.25, -0.2) is 9.59 Å². The lowest BCUT2D eigenvalue weighted by Gasteiger charge is -2.17. The Kier molecular flexibility index (Phi) is 11.9. The molecule has 10 nitrogen and oxygen atoms in total. The Morgan fingerprint density at radius 2 is 1.03 bits per heavy atom. The van der Waals surface area contributed by atoms with Crippen molar-refractivity contribution in [2.24, 2.45) is 0 Å². The molecule has 188 valence electrons. The number of carbonyl (C=O) groups excluding carboxylic acids is 4. The van der Waals surface area contributed by atoms with Crippen LogP contribution in [0.3, 0.4) is 0 Å². The lowest BCUT2D eigenvalue weighted by atomic mass is 10.1. The molecule has 2 aromatic carbocycles. The van der Waals surface area contributed by atoms with Crippen molar-refractivity contribution in [2.75, 3.05) is 13.1 Å². The SMILES string of the molecule is CCNC(Cc1ccccc1)C(=O)NOC(=O)CC(=O)ONC(=O)C(Cc1ccccc1)NCC. The molecule has 0 heterocycles. The Morgan fingerprint density at radius 1 is 0.657 bits per heavy atom. The first-order chi connectivity index (χ1) is 16.9. The summed E-state index contributed by atoms with van der Waals surface area (Å²) in [5.41, 5.74) is 5.99. The number of likely N-dealkylation sites (N-methyl/N-ethyl adjacent to an activating group) is 2. The lowest BCUT2D eigenvalue weighted by molar-refractivity contribution is -0.169. The van der Waals surface area contributed by atoms with Crippen LogP contribution in [-0.4, -0.2) is 48.9 Å². The van der Waals surface area contributed by atoms with E-state index >= 15 is 0 Å². The van der Waals surface area contributed by atoms with Gasteiger partial charge in [0.15, 0.2) is 0 Å². The molecule has 2 aromatic rings. The fourth-order valence-electron chi connectivity index (χ4n) is 3.25. The standard InChI is InChI=1S/C25H32N4O6/c1-3-26-20(15-18-11-7-5-8-12-18)24(32)28-34-22(30)17-23(31)35-29-25(33)21(27-4-2)16-19-13-9-6-10-14-19/h5-14,20-21,26-27H,3-4,15-17H2,1-2H3,(H,28,32)(H,29,33). The molecule has 0 bridgehead atoms. The number of rotatable bonds is 12. The highest BCUT2D eigenvalue weighted by Gasteiger charge is 2.22. The van der Waals surface area contributed by atoms with Crippen molar-refractivity contribution in [3.05, 3.63) is 71.8 Å². The van der Waals surface area contributed by atoms with Crippen LogP contribution in [0.2, 0.25) is 0 Å². The number of benzene rings is 2. The minimum Gasteiger partial charge on any atom is -0.340 e. The first kappa shape index (κ1) is 27.5. The van der Waals surface area contributed by atoms with Gasteiger partial charge in [0.2, 0.25) is 0 Å². The third-order valence-electron chi connectivity index (χ3n) is 4.92. The molecule has 2 rings (SSSR count). The normalized spacial score (nSPS) is 12.2. The van der Waals surface area contributed by atoms with E-state index in [2.05, 4.69) is 21.6 Å². The molecule has 0 aliphatic rings. The van der Waals surface area contributed by atoms with Gasteiger partial charge >= 0.3 is 11.9 Å². The van der Waals surface area contributed by atoms with Crippen LogP contribution in [0, 0.1) is 0 Å². The first-order valence-electron chi connectivity index (χ1n) is 11.5. The maximum Gasteiger partial charge on any atom is 0.343 e. The van der Waals surface area contributed by atoms with E-state index in [1.54, 1.807) is 0 Å². The smallest absolute Gasteiger partial charge is 0.340 e. The number of hydrogen-bond acceptors (Lipinski definition) is 8. The van der Waals surface area contributed by atoms with Crippen LogP contribution < -0.4 is 21.6 Å². The van der Waals surface area contributed by atoms with Crippen LogP contribution in [0.25, 0.3) is 0 Å². The van der Waals surface area contributed by atoms with Crippen LogP contribution in [0.15, 0.2) is 60.7 Å². The highest BCUT2D eigenvalue weighted by Crippen LogP contribution is 2.05. The van der Waals surface area contributed by atoms with E-state index in [-0.39, 0.29) is 0 Å². The van der Waals surface area contributed by atoms with Crippen LogP contribution in [0.4, 0.5) is 0 Å². The van der Waals surface area contributed by atoms with Crippen LogP contribution in [-0.2, 0) is 41.7 Å². The molecule has 0 radical (unpaired) electrons. The molecule has 0 saturated heterocycles. The summed E-state index contributed by atoms with van der Waals surface area (Å²) in [6.07, 6.45) is -0.0140. The zero-order valence-corrected chi connectivity index (χ0v) is 19.9. The number of nitrogens with one attached hydrogen (secondary N) is 4. The molecular formula is C25H32N4O6. The van der Waals surface area contributed by atoms with Gasteiger partial charge < -0.3 is 20.3 Å². The summed E-state index contributed by atoms with van der Waals surface area (Å²) in [7, 11) is 0. The van der Waals surface area contributed by atoms with E-state index in [9.17, 15) is 19.2 Å². The zero-order chi connectivity index (χ0) is 25.5. The Morgan fingerprint density at radius 3 is 1.37 bits per heavy atom. The van der Waals surface area contributed by atoms with Gasteiger partial charge in [-0.05, 0) is 37.1 Å². The van der Waals surface area contributed by atoms with Gasteiger partial charge in [-0.2, -0.15) is 11.0 Å². The van der Waals surface area contributed by atoms with Crippen molar-refractivity contribution in [2.45, 2.75) is 45.2 Å². The van der Waals surface area contributed by atoms with E-state index in [1.165, 1.54) is 0 Å². The van der Waals surface area contributed by atoms with Crippen LogP contribution in [0.1, 0.15) is 31.4 Å². The zero-order valence-electron chi connectivity index (χ0n) is 19.9. The van der Waals surface area contributed by atoms with Crippen molar-refractivity contribution in [3.8, 4) is 0 Å². The lowest BCUT2D eigenvalue weighted by Crippen LogP contribution is -2.47. The minimum atomic E-state index is -1.03.